The van der Waals surface area contributed by atoms with Crippen LogP contribution >= 0.6 is 0 Å². The summed E-state index contributed by atoms with van der Waals surface area (Å²) >= 11 is 0. The van der Waals surface area contributed by atoms with Gasteiger partial charge in [-0.3, -0.25) is 4.79 Å². The molecule has 2 aliphatic heterocycles. The zero-order valence-electron chi connectivity index (χ0n) is 15.9. The number of aromatic nitrogens is 4. The fourth-order valence-corrected chi connectivity index (χ4v) is 4.26. The maximum Gasteiger partial charge on any atom is 0.245 e. The summed E-state index contributed by atoms with van der Waals surface area (Å²) in [6.07, 6.45) is 6.48. The molecule has 146 valence electrons. The molecular formula is C18H27N7O2. The van der Waals surface area contributed by atoms with Crippen molar-refractivity contribution in [2.45, 2.75) is 44.4 Å². The highest BCUT2D eigenvalue weighted by molar-refractivity contribution is 5.85. The molecule has 1 amide bonds. The van der Waals surface area contributed by atoms with Gasteiger partial charge in [-0.05, 0) is 39.3 Å². The number of hydrogen-bond donors (Lipinski definition) is 1. The number of nitrogens with zero attached hydrogens (tertiary/aromatic N) is 6. The molecule has 2 aromatic heterocycles. The molecule has 4 rings (SSSR count). The van der Waals surface area contributed by atoms with Crippen molar-refractivity contribution in [1.29, 1.82) is 0 Å². The van der Waals surface area contributed by atoms with Gasteiger partial charge in [-0.25, -0.2) is 15.0 Å². The van der Waals surface area contributed by atoms with Gasteiger partial charge in [0.2, 0.25) is 5.91 Å². The van der Waals surface area contributed by atoms with Crippen molar-refractivity contribution in [1.82, 2.24) is 29.3 Å². The molecule has 2 N–H and O–H groups in total. The van der Waals surface area contributed by atoms with Gasteiger partial charge in [0.25, 0.3) is 0 Å². The Morgan fingerprint density at radius 3 is 2.85 bits per heavy atom. The molecule has 9 heteroatoms. The number of hydrogen-bond acceptors (Lipinski definition) is 7. The SMILES string of the molecule is CO[C@H]1C[C@@H](CN2CCCC2)N(C(=O)C(C)n2cnc3c(N)ncnc32)C1. The maximum absolute atomic E-state index is 13.3. The summed E-state index contributed by atoms with van der Waals surface area (Å²) in [4.78, 5) is 30.3. The number of likely N-dealkylation sites (tertiary alicyclic amines) is 2. The Hall–Kier alpha value is -2.26. The molecule has 2 aliphatic rings. The number of carbonyl (C=O) groups excluding carboxylic acids is 1. The monoisotopic (exact) mass is 373 g/mol. The number of fused-ring (bicyclic) bond motifs is 1. The average molecular weight is 373 g/mol. The van der Waals surface area contributed by atoms with E-state index in [1.807, 2.05) is 11.8 Å². The van der Waals surface area contributed by atoms with Crippen LogP contribution in [0.1, 0.15) is 32.2 Å². The molecular weight excluding hydrogens is 346 g/mol. The van der Waals surface area contributed by atoms with Crippen LogP contribution in [0.5, 0.6) is 0 Å². The van der Waals surface area contributed by atoms with Gasteiger partial charge in [-0.15, -0.1) is 0 Å². The summed E-state index contributed by atoms with van der Waals surface area (Å²) in [5.41, 5.74) is 6.99. The van der Waals surface area contributed by atoms with Gasteiger partial charge in [-0.2, -0.15) is 0 Å². The second-order valence-corrected chi connectivity index (χ2v) is 7.50. The summed E-state index contributed by atoms with van der Waals surface area (Å²) in [7, 11) is 1.72. The highest BCUT2D eigenvalue weighted by Gasteiger charge is 2.38. The molecule has 2 saturated heterocycles. The predicted octanol–water partition coefficient (Wildman–Crippen LogP) is 0.681. The van der Waals surface area contributed by atoms with E-state index in [0.29, 0.717) is 23.5 Å². The minimum atomic E-state index is -0.416. The minimum absolute atomic E-state index is 0.0650. The van der Waals surface area contributed by atoms with E-state index >= 15 is 0 Å². The van der Waals surface area contributed by atoms with Crippen LogP contribution in [0, 0.1) is 0 Å². The first kappa shape index (κ1) is 18.1. The Balaban J connectivity index is 1.56. The van der Waals surface area contributed by atoms with E-state index in [1.54, 1.807) is 18.0 Å². The van der Waals surface area contributed by atoms with Gasteiger partial charge in [0, 0.05) is 26.2 Å². The number of rotatable bonds is 5. The molecule has 0 aromatic carbocycles. The van der Waals surface area contributed by atoms with E-state index < -0.39 is 6.04 Å². The molecule has 2 fully saturated rings. The first-order valence-electron chi connectivity index (χ1n) is 9.57. The number of amides is 1. The molecule has 9 nitrogen and oxygen atoms in total. The lowest BCUT2D eigenvalue weighted by atomic mass is 10.1. The summed E-state index contributed by atoms with van der Waals surface area (Å²) in [6, 6.07) is -0.238. The first-order valence-corrected chi connectivity index (χ1v) is 9.57. The molecule has 4 heterocycles. The molecule has 1 unspecified atom stereocenters. The predicted molar refractivity (Wildman–Crippen MR) is 101 cm³/mol. The second kappa shape index (κ2) is 7.40. The van der Waals surface area contributed by atoms with Crippen LogP contribution in [0.2, 0.25) is 0 Å². The summed E-state index contributed by atoms with van der Waals surface area (Å²) in [5, 5.41) is 0. The molecule has 0 spiro atoms. The van der Waals surface area contributed by atoms with Crippen molar-refractivity contribution >= 4 is 22.9 Å². The lowest BCUT2D eigenvalue weighted by Crippen LogP contribution is -2.45. The zero-order chi connectivity index (χ0) is 19.0. The van der Waals surface area contributed by atoms with E-state index in [1.165, 1.54) is 19.2 Å². The Bertz CT molecular complexity index is 817. The van der Waals surface area contributed by atoms with E-state index in [-0.39, 0.29) is 18.1 Å². The number of nitrogen functional groups attached to an aromatic ring is 1. The molecule has 27 heavy (non-hydrogen) atoms. The fraction of sp³-hybridized carbons (Fsp3) is 0.667. The van der Waals surface area contributed by atoms with Gasteiger partial charge in [0.15, 0.2) is 11.5 Å². The Kier molecular flexibility index (Phi) is 4.96. The van der Waals surface area contributed by atoms with Crippen LogP contribution in [-0.4, -0.2) is 80.7 Å². The summed E-state index contributed by atoms with van der Waals surface area (Å²) in [6.45, 7) is 5.66. The lowest BCUT2D eigenvalue weighted by Gasteiger charge is -2.30. The largest absolute Gasteiger partial charge is 0.382 e. The first-order chi connectivity index (χ1) is 13.1. The second-order valence-electron chi connectivity index (χ2n) is 7.50. The van der Waals surface area contributed by atoms with Crippen molar-refractivity contribution in [3.8, 4) is 0 Å². The third kappa shape index (κ3) is 3.37. The number of anilines is 1. The number of nitrogens with two attached hydrogens (primary N) is 1. The van der Waals surface area contributed by atoms with Crippen molar-refractivity contribution in [2.75, 3.05) is 39.0 Å². The number of imidazole rings is 1. The minimum Gasteiger partial charge on any atom is -0.382 e. The highest BCUT2D eigenvalue weighted by Crippen LogP contribution is 2.27. The molecule has 0 radical (unpaired) electrons. The van der Waals surface area contributed by atoms with Crippen molar-refractivity contribution in [2.24, 2.45) is 0 Å². The van der Waals surface area contributed by atoms with Gasteiger partial charge in [0.05, 0.1) is 12.4 Å². The third-order valence-corrected chi connectivity index (χ3v) is 5.82. The van der Waals surface area contributed by atoms with E-state index in [9.17, 15) is 4.79 Å². The fourth-order valence-electron chi connectivity index (χ4n) is 4.26. The van der Waals surface area contributed by atoms with E-state index in [2.05, 4.69) is 19.9 Å². The van der Waals surface area contributed by atoms with Crippen LogP contribution in [0.15, 0.2) is 12.7 Å². The molecule has 2 aromatic rings. The molecule has 0 aliphatic carbocycles. The highest BCUT2D eigenvalue weighted by atomic mass is 16.5. The third-order valence-electron chi connectivity index (χ3n) is 5.82. The number of ether oxygens (including phenoxy) is 1. The Morgan fingerprint density at radius 1 is 1.33 bits per heavy atom. The van der Waals surface area contributed by atoms with Crippen LogP contribution in [0.4, 0.5) is 5.82 Å². The van der Waals surface area contributed by atoms with Gasteiger partial charge in [-0.1, -0.05) is 0 Å². The van der Waals surface area contributed by atoms with Crippen LogP contribution in [0.3, 0.4) is 0 Å². The number of methoxy groups -OCH3 is 1. The normalized spacial score (nSPS) is 24.7. The standard InChI is InChI=1S/C18H27N7O2/c1-12(25-11-22-15-16(19)20-10-21-17(15)25)18(26)24-9-14(27-2)7-13(24)8-23-5-3-4-6-23/h10-14H,3-9H2,1-2H3,(H2,19,20,21)/t12?,13-,14-/m0/s1. The topological polar surface area (TPSA) is 102 Å². The maximum atomic E-state index is 13.3. The Labute approximate surface area is 158 Å². The molecule has 3 atom stereocenters. The number of carbonyl (C=O) groups is 1. The smallest absolute Gasteiger partial charge is 0.245 e. The van der Waals surface area contributed by atoms with E-state index in [4.69, 9.17) is 10.5 Å². The zero-order valence-corrected chi connectivity index (χ0v) is 15.9. The quantitative estimate of drug-likeness (QED) is 0.822. The summed E-state index contributed by atoms with van der Waals surface area (Å²) < 4.78 is 7.35. The van der Waals surface area contributed by atoms with E-state index in [0.717, 1.165) is 26.1 Å². The van der Waals surface area contributed by atoms with Crippen molar-refractivity contribution in [3.63, 3.8) is 0 Å². The van der Waals surface area contributed by atoms with Crippen molar-refractivity contribution in [3.05, 3.63) is 12.7 Å². The van der Waals surface area contributed by atoms with Crippen LogP contribution < -0.4 is 5.73 Å². The van der Waals surface area contributed by atoms with Gasteiger partial charge < -0.3 is 24.8 Å². The molecule has 0 saturated carbocycles. The van der Waals surface area contributed by atoms with Gasteiger partial charge in [0.1, 0.15) is 17.9 Å². The van der Waals surface area contributed by atoms with Crippen LogP contribution in [-0.2, 0) is 9.53 Å². The molecule has 0 bridgehead atoms. The average Bonchev–Trinajstić information content (AvgIpc) is 3.40. The Morgan fingerprint density at radius 2 is 2.11 bits per heavy atom. The van der Waals surface area contributed by atoms with Crippen LogP contribution in [0.25, 0.3) is 11.2 Å². The van der Waals surface area contributed by atoms with Crippen molar-refractivity contribution < 1.29 is 9.53 Å². The van der Waals surface area contributed by atoms with Gasteiger partial charge >= 0.3 is 0 Å². The lowest BCUT2D eigenvalue weighted by molar-refractivity contribution is -0.135. The summed E-state index contributed by atoms with van der Waals surface area (Å²) in [5.74, 6) is 0.390.